The zero-order valence-corrected chi connectivity index (χ0v) is 22.0. The predicted octanol–water partition coefficient (Wildman–Crippen LogP) is 7.04. The van der Waals surface area contributed by atoms with E-state index in [4.69, 9.17) is 0 Å². The van der Waals surface area contributed by atoms with Crippen LogP contribution < -0.4 is 9.13 Å². The molecule has 4 nitrogen and oxygen atoms in total. The van der Waals surface area contributed by atoms with Crippen molar-refractivity contribution in [2.24, 2.45) is 0 Å². The highest BCUT2D eigenvalue weighted by molar-refractivity contribution is 5.73. The Morgan fingerprint density at radius 3 is 1.18 bits per heavy atom. The van der Waals surface area contributed by atoms with E-state index in [2.05, 4.69) is 129 Å². The minimum Gasteiger partial charge on any atom is -0.255 e. The Kier molecular flexibility index (Phi) is 7.40. The third-order valence-electron chi connectivity index (χ3n) is 6.59. The second kappa shape index (κ2) is 11.9. The fourth-order valence-corrected chi connectivity index (χ4v) is 4.41. The molecule has 0 bridgehead atoms. The molecule has 0 unspecified atom stereocenters. The quantitative estimate of drug-likeness (QED) is 0.213. The monoisotopic (exact) mass is 516 g/mol. The number of hydrogen-bond acceptors (Lipinski definition) is 2. The van der Waals surface area contributed by atoms with Crippen LogP contribution in [0.3, 0.4) is 0 Å². The number of hydrogen-bond donors (Lipinski definition) is 0. The Hall–Kier alpha value is -5.48. The summed E-state index contributed by atoms with van der Waals surface area (Å²) in [6.45, 7) is 0. The zero-order chi connectivity index (χ0) is 27.0. The zero-order valence-electron chi connectivity index (χ0n) is 22.0. The van der Waals surface area contributed by atoms with E-state index in [1.807, 2.05) is 60.9 Å². The molecule has 4 heterocycles. The van der Waals surface area contributed by atoms with Gasteiger partial charge in [0.1, 0.15) is 0 Å². The Morgan fingerprint density at radius 1 is 0.400 bits per heavy atom. The van der Waals surface area contributed by atoms with Crippen LogP contribution in [0.15, 0.2) is 146 Å². The third kappa shape index (κ3) is 6.14. The lowest BCUT2D eigenvalue weighted by Gasteiger charge is -2.03. The van der Waals surface area contributed by atoms with E-state index in [0.717, 1.165) is 45.0 Å². The van der Waals surface area contributed by atoms with Gasteiger partial charge in [-0.1, -0.05) is 60.7 Å². The van der Waals surface area contributed by atoms with Crippen molar-refractivity contribution in [3.8, 4) is 22.8 Å². The van der Waals surface area contributed by atoms with Gasteiger partial charge in [0.2, 0.25) is 11.4 Å². The second-order valence-electron chi connectivity index (χ2n) is 9.36. The lowest BCUT2D eigenvalue weighted by molar-refractivity contribution is -0.596. The maximum absolute atomic E-state index is 4.58. The number of rotatable bonds is 7. The van der Waals surface area contributed by atoms with Gasteiger partial charge in [0, 0.05) is 60.9 Å². The van der Waals surface area contributed by atoms with Gasteiger partial charge in [0.15, 0.2) is 24.8 Å². The molecule has 0 saturated carbocycles. The van der Waals surface area contributed by atoms with Crippen molar-refractivity contribution in [2.45, 2.75) is 0 Å². The number of para-hydroxylation sites is 2. The highest BCUT2D eigenvalue weighted by Gasteiger charge is 2.06. The molecular formula is C36H28N4+2. The van der Waals surface area contributed by atoms with Crippen molar-refractivity contribution in [1.29, 1.82) is 0 Å². The van der Waals surface area contributed by atoms with E-state index in [9.17, 15) is 0 Å². The molecule has 0 aliphatic rings. The largest absolute Gasteiger partial charge is 0.255 e. The van der Waals surface area contributed by atoms with Gasteiger partial charge < -0.3 is 0 Å². The molecule has 0 amide bonds. The molecule has 2 aromatic carbocycles. The summed E-state index contributed by atoms with van der Waals surface area (Å²) in [5, 5.41) is 0. The number of nitrogens with zero attached hydrogens (tertiary/aromatic N) is 4. The van der Waals surface area contributed by atoms with Gasteiger partial charge >= 0.3 is 0 Å². The molecule has 0 aliphatic heterocycles. The molecule has 6 rings (SSSR count). The smallest absolute Gasteiger partial charge is 0.210 e. The van der Waals surface area contributed by atoms with E-state index in [0.29, 0.717) is 0 Å². The predicted molar refractivity (Wildman–Crippen MR) is 161 cm³/mol. The molecule has 0 spiro atoms. The summed E-state index contributed by atoms with van der Waals surface area (Å²) in [7, 11) is 0. The highest BCUT2D eigenvalue weighted by Crippen LogP contribution is 2.19. The summed E-state index contributed by atoms with van der Waals surface area (Å²) in [5.74, 6) is 0. The Bertz CT molecular complexity index is 1620. The van der Waals surface area contributed by atoms with E-state index in [1.165, 1.54) is 0 Å². The molecule has 0 aliphatic carbocycles. The van der Waals surface area contributed by atoms with Gasteiger partial charge in [-0.25, -0.2) is 0 Å². The SMILES string of the molecule is C(=C\c1ccnc(-c2cc(/C=C/c3cc[n+](-c4ccccc4)cc3)ccn2)c1)/c1cc[n+](-c2ccccc2)cc1. The molecule has 190 valence electrons. The first-order valence-corrected chi connectivity index (χ1v) is 13.2. The Balaban J connectivity index is 1.15. The first-order valence-electron chi connectivity index (χ1n) is 13.2. The van der Waals surface area contributed by atoms with Crippen LogP contribution in [0.25, 0.3) is 47.1 Å². The number of aromatic nitrogens is 4. The van der Waals surface area contributed by atoms with Crippen LogP contribution in [0.4, 0.5) is 0 Å². The van der Waals surface area contributed by atoms with Crippen molar-refractivity contribution in [1.82, 2.24) is 9.97 Å². The molecular weight excluding hydrogens is 488 g/mol. The van der Waals surface area contributed by atoms with E-state index >= 15 is 0 Å². The first-order chi connectivity index (χ1) is 19.8. The van der Waals surface area contributed by atoms with Gasteiger partial charge in [-0.3, -0.25) is 9.97 Å². The minimum atomic E-state index is 0.844. The number of pyridine rings is 4. The maximum Gasteiger partial charge on any atom is 0.210 e. The summed E-state index contributed by atoms with van der Waals surface area (Å²) in [6.07, 6.45) is 20.4. The molecule has 4 heteroatoms. The highest BCUT2D eigenvalue weighted by atomic mass is 14.9. The van der Waals surface area contributed by atoms with Gasteiger partial charge in [0.25, 0.3) is 0 Å². The molecule has 0 N–H and O–H groups in total. The van der Waals surface area contributed by atoms with Crippen LogP contribution >= 0.6 is 0 Å². The van der Waals surface area contributed by atoms with Gasteiger partial charge in [-0.15, -0.1) is 0 Å². The van der Waals surface area contributed by atoms with E-state index in [1.54, 1.807) is 0 Å². The lowest BCUT2D eigenvalue weighted by atomic mass is 10.1. The Labute approximate surface area is 234 Å². The van der Waals surface area contributed by atoms with Crippen LogP contribution in [0.1, 0.15) is 22.3 Å². The third-order valence-corrected chi connectivity index (χ3v) is 6.59. The molecule has 0 saturated heterocycles. The first kappa shape index (κ1) is 24.8. The van der Waals surface area contributed by atoms with Crippen LogP contribution in [-0.2, 0) is 0 Å². The van der Waals surface area contributed by atoms with Gasteiger partial charge in [-0.2, -0.15) is 9.13 Å². The normalized spacial score (nSPS) is 11.3. The summed E-state index contributed by atoms with van der Waals surface area (Å²) in [4.78, 5) is 9.16. The molecule has 6 aromatic rings. The molecule has 0 atom stereocenters. The van der Waals surface area contributed by atoms with Crippen molar-refractivity contribution >= 4 is 24.3 Å². The standard InChI is InChI=1S/C36H28N4/c1-3-7-33(8-4-1)39-23-17-29(18-24-39)11-13-31-15-21-37-35(27-31)36-28-32(16-22-38-36)14-12-30-19-25-40(26-20-30)34-9-5-2-6-10-34/h1-28H/q+2/b13-11+,14-12+. The summed E-state index contributed by atoms with van der Waals surface area (Å²) in [5.41, 5.74) is 8.37. The molecule has 0 radical (unpaired) electrons. The van der Waals surface area contributed by atoms with Gasteiger partial charge in [-0.05, 0) is 46.5 Å². The molecule has 0 fully saturated rings. The molecule has 4 aromatic heterocycles. The van der Waals surface area contributed by atoms with Crippen LogP contribution in [0.2, 0.25) is 0 Å². The van der Waals surface area contributed by atoms with Crippen LogP contribution in [0, 0.1) is 0 Å². The Morgan fingerprint density at radius 2 is 0.775 bits per heavy atom. The fourth-order valence-electron chi connectivity index (χ4n) is 4.41. The number of benzene rings is 2. The van der Waals surface area contributed by atoms with Crippen LogP contribution in [0.5, 0.6) is 0 Å². The van der Waals surface area contributed by atoms with Crippen molar-refractivity contribution in [3.05, 3.63) is 169 Å². The second-order valence-corrected chi connectivity index (χ2v) is 9.36. The van der Waals surface area contributed by atoms with Crippen molar-refractivity contribution in [2.75, 3.05) is 0 Å². The van der Waals surface area contributed by atoms with Crippen molar-refractivity contribution in [3.63, 3.8) is 0 Å². The maximum atomic E-state index is 4.58. The topological polar surface area (TPSA) is 33.5 Å². The lowest BCUT2D eigenvalue weighted by Crippen LogP contribution is -2.28. The van der Waals surface area contributed by atoms with Gasteiger partial charge in [0.05, 0.1) is 11.4 Å². The van der Waals surface area contributed by atoms with E-state index in [-0.39, 0.29) is 0 Å². The summed E-state index contributed by atoms with van der Waals surface area (Å²) >= 11 is 0. The van der Waals surface area contributed by atoms with E-state index < -0.39 is 0 Å². The van der Waals surface area contributed by atoms with Crippen LogP contribution in [-0.4, -0.2) is 9.97 Å². The molecule has 40 heavy (non-hydrogen) atoms. The summed E-state index contributed by atoms with van der Waals surface area (Å²) < 4.78 is 4.21. The van der Waals surface area contributed by atoms with Crippen molar-refractivity contribution < 1.29 is 9.13 Å². The average molecular weight is 517 g/mol. The minimum absolute atomic E-state index is 0.844. The summed E-state index contributed by atoms with van der Waals surface area (Å²) in [6, 6.07) is 37.2. The average Bonchev–Trinajstić information content (AvgIpc) is 3.04. The fraction of sp³-hybridized carbons (Fsp3) is 0.